The van der Waals surface area contributed by atoms with E-state index in [2.05, 4.69) is 48.5 Å². The van der Waals surface area contributed by atoms with E-state index in [4.69, 9.17) is 16.6 Å². The minimum atomic E-state index is -0.874. The Kier molecular flexibility index (Phi) is 8.49. The molecule has 202 valence electrons. The highest BCUT2D eigenvalue weighted by molar-refractivity contribution is 7.99. The molecule has 1 heterocycles. The van der Waals surface area contributed by atoms with Crippen LogP contribution in [0.1, 0.15) is 66.3 Å². The molecule has 2 N–H and O–H groups in total. The van der Waals surface area contributed by atoms with E-state index in [1.165, 1.54) is 11.1 Å². The van der Waals surface area contributed by atoms with Gasteiger partial charge < -0.3 is 10.2 Å². The van der Waals surface area contributed by atoms with Gasteiger partial charge in [0.1, 0.15) is 0 Å². The number of halogens is 1. The average Bonchev–Trinajstić information content (AvgIpc) is 3.72. The zero-order valence-corrected chi connectivity index (χ0v) is 24.2. The summed E-state index contributed by atoms with van der Waals surface area (Å²) in [7, 11) is 0. The van der Waals surface area contributed by atoms with Crippen LogP contribution in [0.15, 0.2) is 78.9 Å². The first-order valence-electron chi connectivity index (χ1n) is 13.6. The van der Waals surface area contributed by atoms with Gasteiger partial charge in [-0.25, -0.2) is 4.98 Å². The second kappa shape index (κ2) is 11.9. The van der Waals surface area contributed by atoms with E-state index in [0.29, 0.717) is 5.02 Å². The number of nitrogens with zero attached hydrogens (tertiary/aromatic N) is 1. The number of thioether (sulfide) groups is 1. The lowest BCUT2D eigenvalue weighted by atomic mass is 9.90. The topological polar surface area (TPSA) is 53.4 Å². The number of hydrogen-bond acceptors (Lipinski definition) is 4. The number of pyridine rings is 1. The van der Waals surface area contributed by atoms with Crippen LogP contribution >= 0.6 is 23.4 Å². The minimum Gasteiger partial charge on any atom is -0.396 e. The first-order chi connectivity index (χ1) is 18.7. The van der Waals surface area contributed by atoms with Crippen molar-refractivity contribution in [3.63, 3.8) is 0 Å². The van der Waals surface area contributed by atoms with E-state index in [9.17, 15) is 10.2 Å². The van der Waals surface area contributed by atoms with Crippen LogP contribution in [0.5, 0.6) is 0 Å². The zero-order chi connectivity index (χ0) is 27.5. The van der Waals surface area contributed by atoms with Gasteiger partial charge in [0.15, 0.2) is 0 Å². The van der Waals surface area contributed by atoms with Crippen molar-refractivity contribution in [1.29, 1.82) is 0 Å². The van der Waals surface area contributed by atoms with Crippen molar-refractivity contribution in [2.75, 3.05) is 12.4 Å². The molecule has 3 nitrogen and oxygen atoms in total. The van der Waals surface area contributed by atoms with Gasteiger partial charge in [-0.05, 0) is 86.1 Å². The maximum atomic E-state index is 10.7. The third kappa shape index (κ3) is 7.12. The summed E-state index contributed by atoms with van der Waals surface area (Å²) in [4.78, 5) is 4.75. The first-order valence-corrected chi connectivity index (χ1v) is 15.0. The summed E-state index contributed by atoms with van der Waals surface area (Å²) in [5, 5.41) is 22.7. The van der Waals surface area contributed by atoms with Crippen LogP contribution in [0.4, 0.5) is 0 Å². The molecular formula is C34H36ClNO2S. The zero-order valence-electron chi connectivity index (χ0n) is 22.6. The maximum absolute atomic E-state index is 10.7. The van der Waals surface area contributed by atoms with Gasteiger partial charge in [0, 0.05) is 33.4 Å². The number of rotatable bonds is 11. The van der Waals surface area contributed by atoms with Gasteiger partial charge in [0.05, 0.1) is 16.8 Å². The number of benzene rings is 3. The van der Waals surface area contributed by atoms with Crippen molar-refractivity contribution in [1.82, 2.24) is 4.98 Å². The minimum absolute atomic E-state index is 0.0933. The molecule has 1 atom stereocenters. The molecule has 0 radical (unpaired) electrons. The van der Waals surface area contributed by atoms with Crippen LogP contribution in [-0.2, 0) is 12.0 Å². The molecule has 5 rings (SSSR count). The number of fused-ring (bicyclic) bond motifs is 1. The molecular weight excluding hydrogens is 522 g/mol. The number of aliphatic hydroxyl groups excluding tert-OH is 1. The largest absolute Gasteiger partial charge is 0.396 e. The van der Waals surface area contributed by atoms with Crippen molar-refractivity contribution < 1.29 is 10.2 Å². The molecule has 1 fully saturated rings. The van der Waals surface area contributed by atoms with Gasteiger partial charge in [-0.2, -0.15) is 11.8 Å². The lowest BCUT2D eigenvalue weighted by molar-refractivity contribution is 0.0776. The number of hydrogen-bond donors (Lipinski definition) is 2. The second-order valence-electron chi connectivity index (χ2n) is 11.3. The Morgan fingerprint density at radius 2 is 1.79 bits per heavy atom. The summed E-state index contributed by atoms with van der Waals surface area (Å²) in [5.41, 5.74) is 5.60. The molecule has 0 bridgehead atoms. The first kappa shape index (κ1) is 27.9. The third-order valence-electron chi connectivity index (χ3n) is 7.64. The quantitative estimate of drug-likeness (QED) is 0.194. The monoisotopic (exact) mass is 557 g/mol. The van der Waals surface area contributed by atoms with E-state index in [1.807, 2.05) is 68.1 Å². The van der Waals surface area contributed by atoms with E-state index >= 15 is 0 Å². The molecule has 1 aromatic heterocycles. The highest BCUT2D eigenvalue weighted by atomic mass is 35.5. The average molecular weight is 558 g/mol. The highest BCUT2D eigenvalue weighted by Gasteiger charge is 2.42. The number of aliphatic hydroxyl groups is 2. The maximum Gasteiger partial charge on any atom is 0.0843 e. The molecule has 1 saturated carbocycles. The summed E-state index contributed by atoms with van der Waals surface area (Å²) < 4.78 is 0. The van der Waals surface area contributed by atoms with Crippen LogP contribution in [0.25, 0.3) is 23.1 Å². The molecule has 5 heteroatoms. The number of aromatic nitrogens is 1. The second-order valence-corrected chi connectivity index (χ2v) is 12.9. The SMILES string of the molecule is CC(C)(O)c1ccccc1CC[C@@H](SCC1(CO)CC1)c1cccc(/C=C/c2ccc3ccc(Cl)cc3n2)c1. The van der Waals surface area contributed by atoms with Crippen molar-refractivity contribution in [3.8, 4) is 0 Å². The molecule has 0 saturated heterocycles. The smallest absolute Gasteiger partial charge is 0.0843 e. The van der Waals surface area contributed by atoms with Gasteiger partial charge in [0.25, 0.3) is 0 Å². The molecule has 0 spiro atoms. The standard InChI is InChI=1S/C34H36ClNO2S/c1-33(2,38)30-9-4-3-7-25(30)13-17-32(39-23-34(22-37)18-19-34)27-8-5-6-24(20-27)10-15-29-16-12-26-11-14-28(35)21-31(26)36-29/h3-12,14-16,20-21,32,37-38H,13,17-19,22-23H2,1-2H3/b15-10+/t32-/m1/s1. The third-order valence-corrected chi connectivity index (χ3v) is 9.56. The Morgan fingerprint density at radius 1 is 1.00 bits per heavy atom. The Labute approximate surface area is 241 Å². The molecule has 1 aliphatic rings. The molecule has 1 aliphatic carbocycles. The molecule has 4 aromatic rings. The summed E-state index contributed by atoms with van der Waals surface area (Å²) in [6.45, 7) is 3.97. The molecule has 0 amide bonds. The van der Waals surface area contributed by atoms with Gasteiger partial charge in [-0.15, -0.1) is 0 Å². The van der Waals surface area contributed by atoms with Gasteiger partial charge in [0.2, 0.25) is 0 Å². The summed E-state index contributed by atoms with van der Waals surface area (Å²) in [6, 6.07) is 26.8. The lowest BCUT2D eigenvalue weighted by Crippen LogP contribution is -2.18. The van der Waals surface area contributed by atoms with Gasteiger partial charge in [-0.1, -0.05) is 78.3 Å². The van der Waals surface area contributed by atoms with Crippen LogP contribution in [0.2, 0.25) is 5.02 Å². The fourth-order valence-corrected chi connectivity index (χ4v) is 6.74. The van der Waals surface area contributed by atoms with E-state index in [1.54, 1.807) is 0 Å². The van der Waals surface area contributed by atoms with Crippen molar-refractivity contribution >= 4 is 46.4 Å². The summed E-state index contributed by atoms with van der Waals surface area (Å²) in [5.74, 6) is 0.963. The van der Waals surface area contributed by atoms with Crippen molar-refractivity contribution in [3.05, 3.63) is 112 Å². The van der Waals surface area contributed by atoms with Crippen molar-refractivity contribution in [2.24, 2.45) is 5.41 Å². The van der Waals surface area contributed by atoms with Crippen LogP contribution < -0.4 is 0 Å². The lowest BCUT2D eigenvalue weighted by Gasteiger charge is -2.24. The fourth-order valence-electron chi connectivity index (χ4n) is 5.01. The molecule has 0 aliphatic heterocycles. The van der Waals surface area contributed by atoms with Gasteiger partial charge >= 0.3 is 0 Å². The van der Waals surface area contributed by atoms with Crippen molar-refractivity contribution in [2.45, 2.75) is 50.4 Å². The Bertz CT molecular complexity index is 1470. The van der Waals surface area contributed by atoms with Crippen LogP contribution in [-0.4, -0.2) is 27.6 Å². The predicted octanol–water partition coefficient (Wildman–Crippen LogP) is 8.47. The summed E-state index contributed by atoms with van der Waals surface area (Å²) >= 11 is 8.12. The van der Waals surface area contributed by atoms with E-state index < -0.39 is 5.60 Å². The van der Waals surface area contributed by atoms with Gasteiger partial charge in [-0.3, -0.25) is 0 Å². The normalized spacial score (nSPS) is 15.6. The predicted molar refractivity (Wildman–Crippen MR) is 166 cm³/mol. The fraction of sp³-hybridized carbons (Fsp3) is 0.324. The van der Waals surface area contributed by atoms with Crippen LogP contribution in [0.3, 0.4) is 0 Å². The molecule has 0 unspecified atom stereocenters. The van der Waals surface area contributed by atoms with Crippen LogP contribution in [0, 0.1) is 5.41 Å². The highest BCUT2D eigenvalue weighted by Crippen LogP contribution is 2.50. The molecule has 39 heavy (non-hydrogen) atoms. The number of aryl methyl sites for hydroxylation is 1. The summed E-state index contributed by atoms with van der Waals surface area (Å²) in [6.07, 6.45) is 8.22. The Morgan fingerprint density at radius 3 is 2.56 bits per heavy atom. The molecule has 3 aromatic carbocycles. The Hall–Kier alpha value is -2.63. The van der Waals surface area contributed by atoms with E-state index in [0.717, 1.165) is 59.2 Å². The Balaban J connectivity index is 1.36. The van der Waals surface area contributed by atoms with E-state index in [-0.39, 0.29) is 17.3 Å².